The van der Waals surface area contributed by atoms with Crippen molar-refractivity contribution in [3.63, 3.8) is 0 Å². The highest BCUT2D eigenvalue weighted by atomic mass is 16.6. The molecule has 1 saturated heterocycles. The van der Waals surface area contributed by atoms with Crippen molar-refractivity contribution in [2.45, 2.75) is 90.1 Å². The molecule has 3 fully saturated rings. The van der Waals surface area contributed by atoms with E-state index < -0.39 is 12.3 Å². The van der Waals surface area contributed by atoms with Crippen molar-refractivity contribution >= 4 is 5.97 Å². The second kappa shape index (κ2) is 9.03. The first-order valence-corrected chi connectivity index (χ1v) is 10.6. The Morgan fingerprint density at radius 2 is 1.81 bits per heavy atom. The van der Waals surface area contributed by atoms with Crippen molar-refractivity contribution in [2.24, 2.45) is 29.6 Å². The van der Waals surface area contributed by atoms with E-state index in [2.05, 4.69) is 13.8 Å². The maximum Gasteiger partial charge on any atom is 0.306 e. The molecule has 2 saturated carbocycles. The molecule has 0 amide bonds. The smallest absolute Gasteiger partial charge is 0.306 e. The van der Waals surface area contributed by atoms with Crippen molar-refractivity contribution in [1.29, 1.82) is 0 Å². The third-order valence-electron chi connectivity index (χ3n) is 7.27. The molecule has 26 heavy (non-hydrogen) atoms. The van der Waals surface area contributed by atoms with Crippen LogP contribution in [-0.4, -0.2) is 41.3 Å². The SMILES string of the molecule is CC1CC[C@H]2CCC[C@@H]([C@@H](C)[C@H](O)OC3CCC(C(=O)O)CC3)C2CO1. The Balaban J connectivity index is 1.54. The molecule has 6 atom stereocenters. The number of hydrogen-bond acceptors (Lipinski definition) is 4. The van der Waals surface area contributed by atoms with E-state index in [1.807, 2.05) is 0 Å². The fraction of sp³-hybridized carbons (Fsp3) is 0.952. The Bertz CT molecular complexity index is 459. The van der Waals surface area contributed by atoms with Crippen molar-refractivity contribution in [3.8, 4) is 0 Å². The largest absolute Gasteiger partial charge is 0.481 e. The van der Waals surface area contributed by atoms with E-state index in [9.17, 15) is 9.90 Å². The molecular weight excluding hydrogens is 332 g/mol. The first-order valence-electron chi connectivity index (χ1n) is 10.6. The van der Waals surface area contributed by atoms with Crippen LogP contribution in [0, 0.1) is 29.6 Å². The summed E-state index contributed by atoms with van der Waals surface area (Å²) in [5.41, 5.74) is 0. The summed E-state index contributed by atoms with van der Waals surface area (Å²) in [4.78, 5) is 11.1. The lowest BCUT2D eigenvalue weighted by Crippen LogP contribution is -2.41. The van der Waals surface area contributed by atoms with Crippen LogP contribution in [0.5, 0.6) is 0 Å². The van der Waals surface area contributed by atoms with Gasteiger partial charge in [0.2, 0.25) is 0 Å². The lowest BCUT2D eigenvalue weighted by atomic mass is 9.66. The number of aliphatic hydroxyl groups is 1. The van der Waals surface area contributed by atoms with Gasteiger partial charge in [0.05, 0.1) is 24.7 Å². The second-order valence-corrected chi connectivity index (χ2v) is 8.94. The summed E-state index contributed by atoms with van der Waals surface area (Å²) in [6, 6.07) is 0. The first kappa shape index (κ1) is 20.1. The van der Waals surface area contributed by atoms with Gasteiger partial charge in [-0.3, -0.25) is 4.79 Å². The molecule has 0 radical (unpaired) electrons. The van der Waals surface area contributed by atoms with Gasteiger partial charge in [0.1, 0.15) is 0 Å². The second-order valence-electron chi connectivity index (χ2n) is 8.94. The molecule has 3 rings (SSSR count). The minimum absolute atomic E-state index is 0.00663. The molecule has 150 valence electrons. The van der Waals surface area contributed by atoms with Gasteiger partial charge in [-0.25, -0.2) is 0 Å². The molecule has 0 aromatic carbocycles. The van der Waals surface area contributed by atoms with Crippen LogP contribution >= 0.6 is 0 Å². The Labute approximate surface area is 157 Å². The third kappa shape index (κ3) is 4.79. The van der Waals surface area contributed by atoms with Crippen LogP contribution in [0.2, 0.25) is 0 Å². The predicted molar refractivity (Wildman–Crippen MR) is 98.6 cm³/mol. The summed E-state index contributed by atoms with van der Waals surface area (Å²) in [7, 11) is 0. The Hall–Kier alpha value is -0.650. The summed E-state index contributed by atoms with van der Waals surface area (Å²) in [6.07, 6.45) is 8.42. The number of carbonyl (C=O) groups is 1. The molecule has 3 aliphatic rings. The number of ether oxygens (including phenoxy) is 2. The number of fused-ring (bicyclic) bond motifs is 1. The molecular formula is C21H36O5. The standard InChI is InChI=1S/C21H36O5/c1-13-6-7-15-4-3-5-18(19(15)12-25-13)14(2)21(24)26-17-10-8-16(9-11-17)20(22)23/h13-19,21,24H,3-12H2,1-2H3,(H,22,23)/t13?,14-,15-,16?,17?,18+,19?,21-/m1/s1. The minimum atomic E-state index is -0.759. The molecule has 2 aliphatic carbocycles. The Kier molecular flexibility index (Phi) is 6.98. The molecule has 5 nitrogen and oxygen atoms in total. The highest BCUT2D eigenvalue weighted by Gasteiger charge is 2.41. The monoisotopic (exact) mass is 368 g/mol. The lowest BCUT2D eigenvalue weighted by molar-refractivity contribution is -0.190. The summed E-state index contributed by atoms with van der Waals surface area (Å²) < 4.78 is 12.0. The van der Waals surface area contributed by atoms with Crippen molar-refractivity contribution in [1.82, 2.24) is 0 Å². The normalized spacial score (nSPS) is 40.9. The van der Waals surface area contributed by atoms with Gasteiger partial charge in [-0.05, 0) is 69.6 Å². The van der Waals surface area contributed by atoms with Crippen LogP contribution in [0.25, 0.3) is 0 Å². The van der Waals surface area contributed by atoms with Gasteiger partial charge in [-0.2, -0.15) is 0 Å². The maximum absolute atomic E-state index is 11.1. The lowest BCUT2D eigenvalue weighted by Gasteiger charge is -2.42. The summed E-state index contributed by atoms with van der Waals surface area (Å²) in [5, 5.41) is 19.8. The average molecular weight is 369 g/mol. The molecule has 5 heteroatoms. The molecule has 2 N–H and O–H groups in total. The van der Waals surface area contributed by atoms with Crippen LogP contribution in [0.4, 0.5) is 0 Å². The van der Waals surface area contributed by atoms with E-state index in [0.717, 1.165) is 38.2 Å². The van der Waals surface area contributed by atoms with E-state index >= 15 is 0 Å². The van der Waals surface area contributed by atoms with Gasteiger partial charge in [0.25, 0.3) is 0 Å². The van der Waals surface area contributed by atoms with Gasteiger partial charge < -0.3 is 19.7 Å². The molecule has 1 aliphatic heterocycles. The predicted octanol–water partition coefficient (Wildman–Crippen LogP) is 3.83. The Morgan fingerprint density at radius 1 is 1.08 bits per heavy atom. The molecule has 0 aromatic rings. The van der Waals surface area contributed by atoms with Crippen LogP contribution in [0.15, 0.2) is 0 Å². The van der Waals surface area contributed by atoms with Gasteiger partial charge in [-0.1, -0.05) is 19.8 Å². The highest BCUT2D eigenvalue weighted by Crippen LogP contribution is 2.44. The Morgan fingerprint density at radius 3 is 2.50 bits per heavy atom. The van der Waals surface area contributed by atoms with Crippen LogP contribution in [-0.2, 0) is 14.3 Å². The molecule has 0 aromatic heterocycles. The van der Waals surface area contributed by atoms with Crippen molar-refractivity contribution in [3.05, 3.63) is 0 Å². The molecule has 2 unspecified atom stereocenters. The summed E-state index contributed by atoms with van der Waals surface area (Å²) >= 11 is 0. The van der Waals surface area contributed by atoms with Crippen LogP contribution < -0.4 is 0 Å². The number of aliphatic hydroxyl groups excluding tert-OH is 1. The zero-order valence-corrected chi connectivity index (χ0v) is 16.3. The summed E-state index contributed by atoms with van der Waals surface area (Å²) in [5.74, 6) is 0.854. The van der Waals surface area contributed by atoms with E-state index in [0.29, 0.717) is 30.8 Å². The molecule has 0 spiro atoms. The maximum atomic E-state index is 11.1. The zero-order chi connectivity index (χ0) is 18.7. The van der Waals surface area contributed by atoms with Crippen molar-refractivity contribution in [2.75, 3.05) is 6.61 Å². The zero-order valence-electron chi connectivity index (χ0n) is 16.3. The van der Waals surface area contributed by atoms with Crippen LogP contribution in [0.1, 0.15) is 71.6 Å². The van der Waals surface area contributed by atoms with E-state index in [1.165, 1.54) is 19.3 Å². The minimum Gasteiger partial charge on any atom is -0.481 e. The number of hydrogen-bond donors (Lipinski definition) is 2. The van der Waals surface area contributed by atoms with Crippen LogP contribution in [0.3, 0.4) is 0 Å². The van der Waals surface area contributed by atoms with E-state index in [-0.39, 0.29) is 17.9 Å². The van der Waals surface area contributed by atoms with Gasteiger partial charge in [-0.15, -0.1) is 0 Å². The van der Waals surface area contributed by atoms with Gasteiger partial charge in [0, 0.05) is 5.92 Å². The number of rotatable bonds is 5. The average Bonchev–Trinajstić information content (AvgIpc) is 2.83. The van der Waals surface area contributed by atoms with Crippen molar-refractivity contribution < 1.29 is 24.5 Å². The van der Waals surface area contributed by atoms with Gasteiger partial charge >= 0.3 is 5.97 Å². The highest BCUT2D eigenvalue weighted by molar-refractivity contribution is 5.70. The summed E-state index contributed by atoms with van der Waals surface area (Å²) in [6.45, 7) is 5.10. The quantitative estimate of drug-likeness (QED) is 0.721. The van der Waals surface area contributed by atoms with E-state index in [4.69, 9.17) is 14.6 Å². The number of carboxylic acid groups (broad SMARTS) is 1. The fourth-order valence-electron chi connectivity index (χ4n) is 5.45. The molecule has 0 bridgehead atoms. The number of aliphatic carboxylic acids is 1. The fourth-order valence-corrected chi connectivity index (χ4v) is 5.45. The van der Waals surface area contributed by atoms with Gasteiger partial charge in [0.15, 0.2) is 6.29 Å². The third-order valence-corrected chi connectivity index (χ3v) is 7.27. The topological polar surface area (TPSA) is 76.0 Å². The van der Waals surface area contributed by atoms with E-state index in [1.54, 1.807) is 0 Å². The first-order chi connectivity index (χ1) is 12.5. The molecule has 1 heterocycles. The number of carboxylic acids is 1.